The summed E-state index contributed by atoms with van der Waals surface area (Å²) < 4.78 is 76.9. The van der Waals surface area contributed by atoms with Crippen molar-refractivity contribution in [3.8, 4) is 11.5 Å². The molecule has 2 unspecified atom stereocenters. The molecule has 2 aliphatic heterocycles. The van der Waals surface area contributed by atoms with Gasteiger partial charge in [0.05, 0.1) is 0 Å². The van der Waals surface area contributed by atoms with Crippen LogP contribution in [0.25, 0.3) is 0 Å². The van der Waals surface area contributed by atoms with Gasteiger partial charge in [-0.2, -0.15) is 27.1 Å². The highest BCUT2D eigenvalue weighted by molar-refractivity contribution is 7.81. The second-order valence-electron chi connectivity index (χ2n) is 11.9. The lowest BCUT2D eigenvalue weighted by Crippen LogP contribution is -2.42. The van der Waals surface area contributed by atoms with E-state index in [2.05, 4.69) is 0 Å². The average molecular weight is 665 g/mol. The average Bonchev–Trinajstić information content (AvgIpc) is 3.08. The molecule has 0 saturated carbocycles. The number of hydrogen-bond acceptors (Lipinski definition) is 8. The minimum Gasteiger partial charge on any atom is -0.485 e. The third kappa shape index (κ3) is 9.15. The van der Waals surface area contributed by atoms with Crippen LogP contribution in [0, 0.1) is 23.5 Å². The van der Waals surface area contributed by atoms with Gasteiger partial charge in [-0.25, -0.2) is 8.78 Å². The molecule has 0 aromatic heterocycles. The van der Waals surface area contributed by atoms with Crippen molar-refractivity contribution in [1.29, 1.82) is 0 Å². The molecular formula is C36H38F2N2O6S. The minimum atomic E-state index is -4.36. The van der Waals surface area contributed by atoms with E-state index in [-0.39, 0.29) is 35.7 Å². The molecule has 248 valence electrons. The van der Waals surface area contributed by atoms with Crippen LogP contribution < -0.4 is 9.47 Å². The van der Waals surface area contributed by atoms with Crippen molar-refractivity contribution in [3.63, 3.8) is 0 Å². The van der Waals surface area contributed by atoms with Crippen LogP contribution in [0.2, 0.25) is 0 Å². The normalized spacial score (nSPS) is 18.4. The van der Waals surface area contributed by atoms with Crippen LogP contribution in [0.3, 0.4) is 0 Å². The van der Waals surface area contributed by atoms with Gasteiger partial charge in [-0.05, 0) is 61.1 Å². The van der Waals surface area contributed by atoms with E-state index in [1.54, 1.807) is 24.3 Å². The molecule has 2 aliphatic rings. The fourth-order valence-corrected chi connectivity index (χ4v) is 7.15. The summed E-state index contributed by atoms with van der Waals surface area (Å²) in [6.45, 7) is 1.39. The number of hydrogen-bond donors (Lipinski definition) is 0. The molecule has 0 bridgehead atoms. The highest BCUT2D eigenvalue weighted by Gasteiger charge is 2.35. The molecule has 4 aromatic rings. The van der Waals surface area contributed by atoms with Crippen molar-refractivity contribution >= 4 is 10.4 Å². The molecule has 2 heterocycles. The smallest absolute Gasteiger partial charge is 0.432 e. The Morgan fingerprint density at radius 3 is 1.30 bits per heavy atom. The van der Waals surface area contributed by atoms with Gasteiger partial charge in [-0.15, -0.1) is 0 Å². The Labute approximate surface area is 274 Å². The highest BCUT2D eigenvalue weighted by atomic mass is 32.3. The largest absolute Gasteiger partial charge is 0.485 e. The highest BCUT2D eigenvalue weighted by Crippen LogP contribution is 2.37. The third-order valence-corrected chi connectivity index (χ3v) is 9.41. The van der Waals surface area contributed by atoms with E-state index < -0.39 is 10.4 Å². The minimum absolute atomic E-state index is 0.0512. The number of halogens is 2. The number of piperidine rings is 2. The van der Waals surface area contributed by atoms with Crippen molar-refractivity contribution < 1.29 is 35.2 Å². The van der Waals surface area contributed by atoms with Crippen LogP contribution in [-0.2, 0) is 19.0 Å². The fourth-order valence-electron chi connectivity index (χ4n) is 6.31. The zero-order chi connectivity index (χ0) is 32.6. The van der Waals surface area contributed by atoms with E-state index in [0.29, 0.717) is 63.4 Å². The zero-order valence-corrected chi connectivity index (χ0v) is 26.7. The van der Waals surface area contributed by atoms with Crippen molar-refractivity contribution in [2.45, 2.75) is 37.9 Å². The fraction of sp³-hybridized carbons (Fsp3) is 0.333. The molecule has 0 amide bonds. The van der Waals surface area contributed by atoms with Crippen LogP contribution in [0.4, 0.5) is 8.78 Å². The molecule has 0 spiro atoms. The first kappa shape index (κ1) is 33.0. The number of rotatable bonds is 12. The first-order valence-corrected chi connectivity index (χ1v) is 17.2. The maximum Gasteiger partial charge on any atom is 0.432 e. The summed E-state index contributed by atoms with van der Waals surface area (Å²) in [6, 6.07) is 31.6. The maximum atomic E-state index is 13.9. The van der Waals surface area contributed by atoms with Gasteiger partial charge in [0.2, 0.25) is 0 Å². The first-order chi connectivity index (χ1) is 22.8. The predicted octanol–water partition coefficient (Wildman–Crippen LogP) is 7.44. The number of hydroxylamine groups is 4. The van der Waals surface area contributed by atoms with Gasteiger partial charge < -0.3 is 9.47 Å². The van der Waals surface area contributed by atoms with E-state index in [1.165, 1.54) is 34.4 Å². The summed E-state index contributed by atoms with van der Waals surface area (Å²) in [4.78, 5) is 0. The lowest BCUT2D eigenvalue weighted by Gasteiger charge is -2.36. The van der Waals surface area contributed by atoms with Crippen LogP contribution in [0.15, 0.2) is 109 Å². The van der Waals surface area contributed by atoms with E-state index in [4.69, 9.17) is 18.0 Å². The molecule has 0 N–H and O–H groups in total. The van der Waals surface area contributed by atoms with Gasteiger partial charge in [0, 0.05) is 50.1 Å². The Morgan fingerprint density at radius 1 is 0.553 bits per heavy atom. The van der Waals surface area contributed by atoms with Gasteiger partial charge in [0.25, 0.3) is 0 Å². The van der Waals surface area contributed by atoms with Crippen molar-refractivity contribution in [1.82, 2.24) is 10.1 Å². The number of benzene rings is 4. The Hall–Kier alpha value is -3.87. The van der Waals surface area contributed by atoms with E-state index >= 15 is 0 Å². The second kappa shape index (κ2) is 15.4. The molecule has 2 fully saturated rings. The summed E-state index contributed by atoms with van der Waals surface area (Å²) in [7, 11) is -4.36. The lowest BCUT2D eigenvalue weighted by atomic mass is 9.88. The molecule has 4 aromatic carbocycles. The molecule has 11 heteroatoms. The molecule has 2 atom stereocenters. The standard InChI is InChI=1S/C36H38F2N2O6S/c37-31-13-7-15-33(25-31)43-35(27-9-3-1-4-10-27)29-17-21-39(22-18-29)45-47(41,42)46-40-23-19-30(20-24-40)36(28-11-5-2-6-12-28)44-34-16-8-14-32(38)26-34/h1-16,25-26,29-30,35-36H,17-24H2. The summed E-state index contributed by atoms with van der Waals surface area (Å²) in [6.07, 6.45) is 1.73. The van der Waals surface area contributed by atoms with Gasteiger partial charge in [-0.3, -0.25) is 0 Å². The first-order valence-electron chi connectivity index (χ1n) is 15.9. The molecule has 6 rings (SSSR count). The molecular weight excluding hydrogens is 626 g/mol. The van der Waals surface area contributed by atoms with E-state index in [1.807, 2.05) is 60.7 Å². The zero-order valence-electron chi connectivity index (χ0n) is 25.9. The molecule has 47 heavy (non-hydrogen) atoms. The summed E-state index contributed by atoms with van der Waals surface area (Å²) >= 11 is 0. The molecule has 0 radical (unpaired) electrons. The van der Waals surface area contributed by atoms with Crippen LogP contribution in [0.5, 0.6) is 11.5 Å². The number of ether oxygens (including phenoxy) is 2. The third-order valence-electron chi connectivity index (χ3n) is 8.62. The van der Waals surface area contributed by atoms with Gasteiger partial charge in [0.15, 0.2) is 0 Å². The Balaban J connectivity index is 1.02. The lowest BCUT2D eigenvalue weighted by molar-refractivity contribution is -0.139. The van der Waals surface area contributed by atoms with Crippen molar-refractivity contribution in [2.75, 3.05) is 26.2 Å². The van der Waals surface area contributed by atoms with Crippen LogP contribution >= 0.6 is 0 Å². The molecule has 0 aliphatic carbocycles. The molecule has 8 nitrogen and oxygen atoms in total. The van der Waals surface area contributed by atoms with Crippen LogP contribution in [-0.4, -0.2) is 44.7 Å². The molecule has 2 saturated heterocycles. The Bertz CT molecular complexity index is 1560. The summed E-state index contributed by atoms with van der Waals surface area (Å²) in [5, 5.41) is 2.81. The van der Waals surface area contributed by atoms with Gasteiger partial charge in [-0.1, -0.05) is 72.8 Å². The SMILES string of the molecule is O=S(=O)(ON1CCC(C(Oc2cccc(F)c2)c2ccccc2)CC1)ON1CCC(C(Oc2cccc(F)c2)c2ccccc2)CC1. The summed E-state index contributed by atoms with van der Waals surface area (Å²) in [5.74, 6) is 0.229. The Kier molecular flexibility index (Phi) is 10.8. The topological polar surface area (TPSA) is 77.5 Å². The quantitative estimate of drug-likeness (QED) is 0.155. The Morgan fingerprint density at radius 2 is 0.936 bits per heavy atom. The van der Waals surface area contributed by atoms with Gasteiger partial charge >= 0.3 is 10.4 Å². The van der Waals surface area contributed by atoms with Crippen molar-refractivity contribution in [2.24, 2.45) is 11.8 Å². The summed E-state index contributed by atoms with van der Waals surface area (Å²) in [5.41, 5.74) is 1.93. The second-order valence-corrected chi connectivity index (χ2v) is 13.0. The van der Waals surface area contributed by atoms with E-state index in [0.717, 1.165) is 11.1 Å². The van der Waals surface area contributed by atoms with Crippen molar-refractivity contribution in [3.05, 3.63) is 132 Å². The maximum absolute atomic E-state index is 13.9. The van der Waals surface area contributed by atoms with E-state index in [9.17, 15) is 17.2 Å². The number of nitrogens with zero attached hydrogens (tertiary/aromatic N) is 2. The predicted molar refractivity (Wildman–Crippen MR) is 172 cm³/mol. The monoisotopic (exact) mass is 664 g/mol. The van der Waals surface area contributed by atoms with Gasteiger partial charge in [0.1, 0.15) is 35.3 Å². The van der Waals surface area contributed by atoms with Crippen LogP contribution in [0.1, 0.15) is 49.0 Å².